The minimum absolute atomic E-state index is 0.00275. The van der Waals surface area contributed by atoms with E-state index < -0.39 is 10.0 Å². The van der Waals surface area contributed by atoms with E-state index in [0.29, 0.717) is 19.5 Å². The smallest absolute Gasteiger partial charge is 0.218 e. The number of nitrogens with zero attached hydrogens (tertiary/aromatic N) is 1. The van der Waals surface area contributed by atoms with E-state index in [4.69, 9.17) is 10.8 Å². The van der Waals surface area contributed by atoms with E-state index >= 15 is 0 Å². The maximum atomic E-state index is 12.7. The molecule has 1 fully saturated rings. The van der Waals surface area contributed by atoms with Crippen LogP contribution in [0.15, 0.2) is 24.3 Å². The molecule has 1 aromatic carbocycles. The van der Waals surface area contributed by atoms with Crippen LogP contribution in [0, 0.1) is 0 Å². The number of sulfonamides is 1. The van der Waals surface area contributed by atoms with E-state index in [1.54, 1.807) is 4.31 Å². The SMILES string of the molecule is NCc1cccc(CS(=O)(=O)N(CCCO)C2CCC2)c1. The predicted octanol–water partition coefficient (Wildman–Crippen LogP) is 1.21. The van der Waals surface area contributed by atoms with Gasteiger partial charge in [0.15, 0.2) is 0 Å². The van der Waals surface area contributed by atoms with E-state index in [1.807, 2.05) is 24.3 Å². The second kappa shape index (κ2) is 7.35. The fourth-order valence-electron chi connectivity index (χ4n) is 2.59. The van der Waals surface area contributed by atoms with Crippen molar-refractivity contribution in [1.82, 2.24) is 4.31 Å². The first kappa shape index (κ1) is 16.4. The normalized spacial score (nSPS) is 16.1. The monoisotopic (exact) mass is 312 g/mol. The van der Waals surface area contributed by atoms with E-state index in [9.17, 15) is 8.42 Å². The number of rotatable bonds is 8. The Morgan fingerprint density at radius 1 is 1.29 bits per heavy atom. The van der Waals surface area contributed by atoms with Crippen LogP contribution in [0.5, 0.6) is 0 Å². The molecule has 0 amide bonds. The summed E-state index contributed by atoms with van der Waals surface area (Å²) in [4.78, 5) is 0. The summed E-state index contributed by atoms with van der Waals surface area (Å²) in [5, 5.41) is 8.98. The summed E-state index contributed by atoms with van der Waals surface area (Å²) in [5.41, 5.74) is 7.31. The lowest BCUT2D eigenvalue weighted by atomic mass is 9.93. The zero-order valence-electron chi connectivity index (χ0n) is 12.2. The average Bonchev–Trinajstić information content (AvgIpc) is 2.40. The van der Waals surface area contributed by atoms with Gasteiger partial charge < -0.3 is 10.8 Å². The number of nitrogens with two attached hydrogens (primary N) is 1. The summed E-state index contributed by atoms with van der Waals surface area (Å²) < 4.78 is 26.9. The Morgan fingerprint density at radius 3 is 2.57 bits per heavy atom. The van der Waals surface area contributed by atoms with Crippen molar-refractivity contribution in [3.63, 3.8) is 0 Å². The van der Waals surface area contributed by atoms with Crippen LogP contribution in [0.3, 0.4) is 0 Å². The van der Waals surface area contributed by atoms with Gasteiger partial charge in [0, 0.05) is 25.7 Å². The topological polar surface area (TPSA) is 83.6 Å². The first-order valence-electron chi connectivity index (χ1n) is 7.45. The molecule has 2 rings (SSSR count). The van der Waals surface area contributed by atoms with Crippen LogP contribution >= 0.6 is 0 Å². The molecule has 0 heterocycles. The average molecular weight is 312 g/mol. The summed E-state index contributed by atoms with van der Waals surface area (Å²) in [7, 11) is -3.35. The molecule has 0 radical (unpaired) electrons. The quantitative estimate of drug-likeness (QED) is 0.756. The van der Waals surface area contributed by atoms with Crippen molar-refractivity contribution in [3.8, 4) is 0 Å². The maximum absolute atomic E-state index is 12.7. The van der Waals surface area contributed by atoms with Gasteiger partial charge in [0.2, 0.25) is 10.0 Å². The van der Waals surface area contributed by atoms with E-state index in [1.165, 1.54) is 0 Å². The van der Waals surface area contributed by atoms with Gasteiger partial charge in [-0.1, -0.05) is 30.7 Å². The number of hydrogen-bond donors (Lipinski definition) is 2. The molecule has 0 unspecified atom stereocenters. The molecule has 5 nitrogen and oxygen atoms in total. The maximum Gasteiger partial charge on any atom is 0.218 e. The molecule has 21 heavy (non-hydrogen) atoms. The van der Waals surface area contributed by atoms with Gasteiger partial charge in [-0.15, -0.1) is 0 Å². The lowest BCUT2D eigenvalue weighted by Crippen LogP contribution is -2.45. The molecular weight excluding hydrogens is 288 g/mol. The van der Waals surface area contributed by atoms with Crippen molar-refractivity contribution >= 4 is 10.0 Å². The van der Waals surface area contributed by atoms with Gasteiger partial charge in [-0.2, -0.15) is 4.31 Å². The molecule has 0 aromatic heterocycles. The van der Waals surface area contributed by atoms with Gasteiger partial charge in [-0.25, -0.2) is 8.42 Å². The number of aliphatic hydroxyl groups excluding tert-OH is 1. The Hall–Kier alpha value is -0.950. The number of benzene rings is 1. The number of aliphatic hydroxyl groups is 1. The summed E-state index contributed by atoms with van der Waals surface area (Å²) in [5.74, 6) is 0.00275. The highest BCUT2D eigenvalue weighted by molar-refractivity contribution is 7.88. The minimum Gasteiger partial charge on any atom is -0.396 e. The van der Waals surface area contributed by atoms with Crippen molar-refractivity contribution in [2.45, 2.75) is 44.0 Å². The van der Waals surface area contributed by atoms with E-state index in [-0.39, 0.29) is 18.4 Å². The van der Waals surface area contributed by atoms with Crippen LogP contribution in [0.1, 0.15) is 36.8 Å². The summed E-state index contributed by atoms with van der Waals surface area (Å²) >= 11 is 0. The van der Waals surface area contributed by atoms with Crippen molar-refractivity contribution in [3.05, 3.63) is 35.4 Å². The molecule has 0 saturated heterocycles. The van der Waals surface area contributed by atoms with Gasteiger partial charge in [0.1, 0.15) is 0 Å². The molecule has 0 spiro atoms. The second-order valence-electron chi connectivity index (χ2n) is 5.55. The van der Waals surface area contributed by atoms with Crippen molar-refractivity contribution in [2.75, 3.05) is 13.2 Å². The highest BCUT2D eigenvalue weighted by atomic mass is 32.2. The third-order valence-corrected chi connectivity index (χ3v) is 5.85. The zero-order chi connectivity index (χ0) is 15.3. The van der Waals surface area contributed by atoms with Crippen LogP contribution in [0.4, 0.5) is 0 Å². The molecule has 1 aliphatic carbocycles. The molecule has 6 heteroatoms. The van der Waals surface area contributed by atoms with E-state index in [2.05, 4.69) is 0 Å². The molecule has 1 aliphatic rings. The second-order valence-corrected chi connectivity index (χ2v) is 7.47. The summed E-state index contributed by atoms with van der Waals surface area (Å²) in [6.45, 7) is 0.826. The van der Waals surface area contributed by atoms with Crippen molar-refractivity contribution < 1.29 is 13.5 Å². The van der Waals surface area contributed by atoms with Crippen LogP contribution in [0.25, 0.3) is 0 Å². The van der Waals surface area contributed by atoms with Gasteiger partial charge in [-0.05, 0) is 30.4 Å². The molecule has 118 valence electrons. The van der Waals surface area contributed by atoms with Crippen molar-refractivity contribution in [1.29, 1.82) is 0 Å². The van der Waals surface area contributed by atoms with Crippen LogP contribution in [0.2, 0.25) is 0 Å². The van der Waals surface area contributed by atoms with Crippen LogP contribution in [-0.4, -0.2) is 37.0 Å². The molecule has 0 atom stereocenters. The van der Waals surface area contributed by atoms with Gasteiger partial charge in [-0.3, -0.25) is 0 Å². The van der Waals surface area contributed by atoms with Crippen molar-refractivity contribution in [2.24, 2.45) is 5.73 Å². The minimum atomic E-state index is -3.35. The Balaban J connectivity index is 2.13. The highest BCUT2D eigenvalue weighted by Crippen LogP contribution is 2.28. The zero-order valence-corrected chi connectivity index (χ0v) is 13.1. The third kappa shape index (κ3) is 4.26. The Labute approximate surface area is 126 Å². The molecule has 0 bridgehead atoms. The third-order valence-electron chi connectivity index (χ3n) is 3.95. The number of hydrogen-bond acceptors (Lipinski definition) is 4. The Kier molecular flexibility index (Phi) is 5.75. The van der Waals surface area contributed by atoms with Crippen LogP contribution in [-0.2, 0) is 22.3 Å². The first-order valence-corrected chi connectivity index (χ1v) is 9.06. The highest BCUT2D eigenvalue weighted by Gasteiger charge is 2.33. The fraction of sp³-hybridized carbons (Fsp3) is 0.600. The predicted molar refractivity (Wildman–Crippen MR) is 83.0 cm³/mol. The summed E-state index contributed by atoms with van der Waals surface area (Å²) in [6.07, 6.45) is 3.41. The van der Waals surface area contributed by atoms with E-state index in [0.717, 1.165) is 30.4 Å². The molecular formula is C15H24N2O3S. The molecule has 1 aromatic rings. The van der Waals surface area contributed by atoms with Gasteiger partial charge >= 0.3 is 0 Å². The Bertz CT molecular complexity index is 556. The summed E-state index contributed by atoms with van der Waals surface area (Å²) in [6, 6.07) is 7.52. The van der Waals surface area contributed by atoms with Gasteiger partial charge in [0.05, 0.1) is 5.75 Å². The van der Waals surface area contributed by atoms with Crippen LogP contribution < -0.4 is 5.73 Å². The first-order chi connectivity index (χ1) is 10.1. The Morgan fingerprint density at radius 2 is 2.00 bits per heavy atom. The lowest BCUT2D eigenvalue weighted by Gasteiger charge is -2.36. The molecule has 3 N–H and O–H groups in total. The fourth-order valence-corrected chi connectivity index (χ4v) is 4.43. The molecule has 1 saturated carbocycles. The lowest BCUT2D eigenvalue weighted by molar-refractivity contribution is 0.198. The largest absolute Gasteiger partial charge is 0.396 e. The standard InChI is InChI=1S/C15H24N2O3S/c16-11-13-4-1-5-14(10-13)12-21(19,20)17(8-3-9-18)15-6-2-7-15/h1,4-5,10,15,18H,2-3,6-9,11-12,16H2. The van der Waals surface area contributed by atoms with Gasteiger partial charge in [0.25, 0.3) is 0 Å². The molecule has 0 aliphatic heterocycles.